The zero-order chi connectivity index (χ0) is 13.8. The maximum absolute atomic E-state index is 5.78. The minimum Gasteiger partial charge on any atom is -0.379 e. The summed E-state index contributed by atoms with van der Waals surface area (Å²) >= 11 is 1.86. The van der Waals surface area contributed by atoms with E-state index >= 15 is 0 Å². The van der Waals surface area contributed by atoms with E-state index in [1.54, 1.807) is 0 Å². The van der Waals surface area contributed by atoms with Gasteiger partial charge in [-0.05, 0) is 37.4 Å². The molecule has 0 fully saturated rings. The van der Waals surface area contributed by atoms with E-state index in [4.69, 9.17) is 4.74 Å². The minimum atomic E-state index is 0.123. The lowest BCUT2D eigenvalue weighted by Crippen LogP contribution is -2.41. The number of nitrogens with one attached hydrogen (secondary N) is 1. The number of ether oxygens (including phenoxy) is 1. The predicted octanol–water partition coefficient (Wildman–Crippen LogP) is 4.16. The van der Waals surface area contributed by atoms with Gasteiger partial charge in [-0.3, -0.25) is 0 Å². The molecule has 0 aromatic carbocycles. The van der Waals surface area contributed by atoms with Crippen LogP contribution in [0.5, 0.6) is 0 Å². The van der Waals surface area contributed by atoms with Gasteiger partial charge in [0, 0.05) is 16.9 Å². The smallest absolute Gasteiger partial charge is 0.0822 e. The number of hydrogen-bond acceptors (Lipinski definition) is 3. The number of aryl methyl sites for hydroxylation is 1. The van der Waals surface area contributed by atoms with Crippen molar-refractivity contribution in [1.29, 1.82) is 0 Å². The lowest BCUT2D eigenvalue weighted by Gasteiger charge is -2.36. The van der Waals surface area contributed by atoms with Crippen molar-refractivity contribution in [3.8, 4) is 0 Å². The van der Waals surface area contributed by atoms with Crippen LogP contribution in [0.25, 0.3) is 0 Å². The molecular weight excluding hydrogens is 242 g/mol. The molecule has 0 saturated carbocycles. The van der Waals surface area contributed by atoms with Gasteiger partial charge in [0.25, 0.3) is 0 Å². The lowest BCUT2D eigenvalue weighted by molar-refractivity contribution is -0.0110. The van der Waals surface area contributed by atoms with E-state index in [2.05, 4.69) is 52.1 Å². The van der Waals surface area contributed by atoms with Crippen molar-refractivity contribution in [2.75, 3.05) is 13.7 Å². The van der Waals surface area contributed by atoms with Gasteiger partial charge >= 0.3 is 0 Å². The minimum absolute atomic E-state index is 0.123. The molecule has 0 saturated heterocycles. The first kappa shape index (κ1) is 15.7. The first-order chi connectivity index (χ1) is 8.40. The third-order valence-electron chi connectivity index (χ3n) is 3.09. The zero-order valence-electron chi connectivity index (χ0n) is 12.5. The standard InChI is InChI=1S/C15H27NOS/c1-7-10-16-13(12-9-8-11(2)18-12)14(17-6)15(3,4)5/h8-9,13-14,16H,7,10H2,1-6H3. The number of methoxy groups -OCH3 is 1. The Bertz CT molecular complexity index is 354. The van der Waals surface area contributed by atoms with Gasteiger partial charge < -0.3 is 10.1 Å². The van der Waals surface area contributed by atoms with Crippen LogP contribution in [0, 0.1) is 12.3 Å². The molecule has 0 bridgehead atoms. The fourth-order valence-corrected chi connectivity index (χ4v) is 3.24. The SMILES string of the molecule is CCCNC(c1ccc(C)s1)C(OC)C(C)(C)C. The van der Waals surface area contributed by atoms with Crippen molar-refractivity contribution in [2.24, 2.45) is 5.41 Å². The monoisotopic (exact) mass is 269 g/mol. The Morgan fingerprint density at radius 3 is 2.39 bits per heavy atom. The van der Waals surface area contributed by atoms with E-state index < -0.39 is 0 Å². The van der Waals surface area contributed by atoms with E-state index in [-0.39, 0.29) is 17.6 Å². The molecule has 0 aliphatic carbocycles. The average molecular weight is 269 g/mol. The summed E-state index contributed by atoms with van der Waals surface area (Å²) in [4.78, 5) is 2.74. The summed E-state index contributed by atoms with van der Waals surface area (Å²) in [7, 11) is 1.82. The van der Waals surface area contributed by atoms with Gasteiger partial charge in [-0.2, -0.15) is 0 Å². The van der Waals surface area contributed by atoms with E-state index in [0.717, 1.165) is 13.0 Å². The van der Waals surface area contributed by atoms with Crippen molar-refractivity contribution in [3.05, 3.63) is 21.9 Å². The van der Waals surface area contributed by atoms with E-state index in [0.29, 0.717) is 0 Å². The normalized spacial score (nSPS) is 15.7. The molecule has 0 aliphatic rings. The van der Waals surface area contributed by atoms with Crippen LogP contribution in [-0.2, 0) is 4.74 Å². The summed E-state index contributed by atoms with van der Waals surface area (Å²) in [5, 5.41) is 3.64. The average Bonchev–Trinajstić information content (AvgIpc) is 2.69. The Hall–Kier alpha value is -0.380. The van der Waals surface area contributed by atoms with Gasteiger partial charge in [-0.25, -0.2) is 0 Å². The fourth-order valence-electron chi connectivity index (χ4n) is 2.27. The summed E-state index contributed by atoms with van der Waals surface area (Å²) in [6, 6.07) is 4.70. The molecule has 2 nitrogen and oxygen atoms in total. The van der Waals surface area contributed by atoms with Crippen LogP contribution in [0.1, 0.15) is 49.9 Å². The van der Waals surface area contributed by atoms with Crippen molar-refractivity contribution in [2.45, 2.75) is 53.2 Å². The molecular formula is C15H27NOS. The summed E-state index contributed by atoms with van der Waals surface area (Å²) < 4.78 is 5.78. The lowest BCUT2D eigenvalue weighted by atomic mass is 9.84. The second kappa shape index (κ2) is 6.69. The second-order valence-corrected chi connectivity index (χ2v) is 7.22. The number of rotatable bonds is 6. The van der Waals surface area contributed by atoms with Crippen LogP contribution in [0.4, 0.5) is 0 Å². The number of hydrogen-bond donors (Lipinski definition) is 1. The Labute approximate surface area is 116 Å². The molecule has 0 radical (unpaired) electrons. The van der Waals surface area contributed by atoms with E-state index in [9.17, 15) is 0 Å². The van der Waals surface area contributed by atoms with Gasteiger partial charge in [0.15, 0.2) is 0 Å². The Morgan fingerprint density at radius 2 is 2.00 bits per heavy atom. The Kier molecular flexibility index (Phi) is 5.83. The van der Waals surface area contributed by atoms with Crippen LogP contribution in [-0.4, -0.2) is 19.8 Å². The van der Waals surface area contributed by atoms with Gasteiger partial charge in [0.05, 0.1) is 12.1 Å². The fraction of sp³-hybridized carbons (Fsp3) is 0.733. The molecule has 104 valence electrons. The molecule has 0 spiro atoms. The van der Waals surface area contributed by atoms with Crippen LogP contribution in [0.3, 0.4) is 0 Å². The molecule has 2 unspecified atom stereocenters. The highest BCUT2D eigenvalue weighted by atomic mass is 32.1. The first-order valence-corrected chi connectivity index (χ1v) is 7.54. The van der Waals surface area contributed by atoms with Gasteiger partial charge in [-0.15, -0.1) is 11.3 Å². The molecule has 0 amide bonds. The molecule has 1 N–H and O–H groups in total. The van der Waals surface area contributed by atoms with Gasteiger partial charge in [-0.1, -0.05) is 27.7 Å². The molecule has 2 atom stereocenters. The highest BCUT2D eigenvalue weighted by Gasteiger charge is 2.33. The molecule has 1 heterocycles. The van der Waals surface area contributed by atoms with Crippen molar-refractivity contribution in [3.63, 3.8) is 0 Å². The summed E-state index contributed by atoms with van der Waals surface area (Å²) in [5.74, 6) is 0. The highest BCUT2D eigenvalue weighted by Crippen LogP contribution is 2.35. The summed E-state index contributed by atoms with van der Waals surface area (Å²) in [5.41, 5.74) is 0.123. The molecule has 18 heavy (non-hydrogen) atoms. The van der Waals surface area contributed by atoms with E-state index in [1.807, 2.05) is 18.4 Å². The molecule has 1 aromatic rings. The molecule has 1 rings (SSSR count). The van der Waals surface area contributed by atoms with Gasteiger partial charge in [0.2, 0.25) is 0 Å². The van der Waals surface area contributed by atoms with Crippen LogP contribution in [0.2, 0.25) is 0 Å². The van der Waals surface area contributed by atoms with E-state index in [1.165, 1.54) is 9.75 Å². The third kappa shape index (κ3) is 4.08. The van der Waals surface area contributed by atoms with Gasteiger partial charge in [0.1, 0.15) is 0 Å². The largest absolute Gasteiger partial charge is 0.379 e. The molecule has 1 aromatic heterocycles. The van der Waals surface area contributed by atoms with Crippen molar-refractivity contribution in [1.82, 2.24) is 5.32 Å². The molecule has 3 heteroatoms. The number of thiophene rings is 1. The van der Waals surface area contributed by atoms with Crippen LogP contribution < -0.4 is 5.32 Å². The first-order valence-electron chi connectivity index (χ1n) is 6.72. The molecule has 0 aliphatic heterocycles. The quantitative estimate of drug-likeness (QED) is 0.837. The maximum Gasteiger partial charge on any atom is 0.0822 e. The third-order valence-corrected chi connectivity index (χ3v) is 4.18. The zero-order valence-corrected chi connectivity index (χ0v) is 13.4. The van der Waals surface area contributed by atoms with Crippen LogP contribution >= 0.6 is 11.3 Å². The Morgan fingerprint density at radius 1 is 1.33 bits per heavy atom. The van der Waals surface area contributed by atoms with Crippen molar-refractivity contribution >= 4 is 11.3 Å². The van der Waals surface area contributed by atoms with Crippen molar-refractivity contribution < 1.29 is 4.74 Å². The second-order valence-electron chi connectivity index (χ2n) is 5.90. The topological polar surface area (TPSA) is 21.3 Å². The Balaban J connectivity index is 2.96. The summed E-state index contributed by atoms with van der Waals surface area (Å²) in [6.45, 7) is 12.1. The van der Waals surface area contributed by atoms with Crippen LogP contribution in [0.15, 0.2) is 12.1 Å². The highest BCUT2D eigenvalue weighted by molar-refractivity contribution is 7.12. The summed E-state index contributed by atoms with van der Waals surface area (Å²) in [6.07, 6.45) is 1.32. The predicted molar refractivity (Wildman–Crippen MR) is 80.3 cm³/mol. The maximum atomic E-state index is 5.78.